The first-order valence-corrected chi connectivity index (χ1v) is 9.43. The monoisotopic (exact) mass is 368 g/mol. The van der Waals surface area contributed by atoms with E-state index in [-0.39, 0.29) is 0 Å². The number of nitrogens with one attached hydrogen (secondary N) is 1. The zero-order valence-corrected chi connectivity index (χ0v) is 16.5. The molecule has 0 aliphatic heterocycles. The van der Waals surface area contributed by atoms with Crippen LogP contribution in [0.25, 0.3) is 0 Å². The molecule has 0 bridgehead atoms. The Kier molecular flexibility index (Phi) is 10.3. The molecule has 1 aromatic rings. The van der Waals surface area contributed by atoms with Gasteiger partial charge in [-0.05, 0) is 50.8 Å². The Morgan fingerprint density at radius 3 is 1.96 bits per heavy atom. The van der Waals surface area contributed by atoms with Crippen molar-refractivity contribution in [3.05, 3.63) is 34.9 Å². The molecule has 0 amide bonds. The molecule has 0 spiro atoms. The van der Waals surface area contributed by atoms with E-state index in [1.165, 1.54) is 0 Å². The predicted molar refractivity (Wildman–Crippen MR) is 104 cm³/mol. The van der Waals surface area contributed by atoms with E-state index in [2.05, 4.69) is 11.4 Å². The zero-order chi connectivity index (χ0) is 19.7. The van der Waals surface area contributed by atoms with Gasteiger partial charge in [0.25, 0.3) is 0 Å². The third-order valence-electron chi connectivity index (χ3n) is 3.99. The average Bonchev–Trinajstić information content (AvgIpc) is 2.47. The van der Waals surface area contributed by atoms with Crippen molar-refractivity contribution in [2.24, 2.45) is 0 Å². The molecule has 0 heterocycles. The molecule has 0 saturated carbocycles. The minimum Gasteiger partial charge on any atom is -0.393 e. The van der Waals surface area contributed by atoms with Crippen LogP contribution >= 0.6 is 0 Å². The fourth-order valence-corrected chi connectivity index (χ4v) is 3.07. The van der Waals surface area contributed by atoms with Gasteiger partial charge < -0.3 is 25.7 Å². The van der Waals surface area contributed by atoms with Gasteiger partial charge in [-0.25, -0.2) is 0 Å². The summed E-state index contributed by atoms with van der Waals surface area (Å²) in [4.78, 5) is 2.03. The fraction of sp³-hybridized carbons (Fsp3) is 0.700. The number of rotatable bonds is 12. The first-order valence-electron chi connectivity index (χ1n) is 9.43. The first kappa shape index (κ1) is 23.0. The maximum atomic E-state index is 9.79. The first-order chi connectivity index (χ1) is 12.2. The molecular formula is C20H36N2O4. The third kappa shape index (κ3) is 9.62. The Hall–Kier alpha value is -1.02. The van der Waals surface area contributed by atoms with Gasteiger partial charge in [0.05, 0.1) is 24.4 Å². The van der Waals surface area contributed by atoms with Gasteiger partial charge >= 0.3 is 0 Å². The largest absolute Gasteiger partial charge is 0.393 e. The smallest absolute Gasteiger partial charge is 0.0639 e. The molecule has 0 aromatic heterocycles. The Labute approximate surface area is 157 Å². The lowest BCUT2D eigenvalue weighted by atomic mass is 9.98. The van der Waals surface area contributed by atoms with Gasteiger partial charge in [-0.1, -0.05) is 18.2 Å². The summed E-state index contributed by atoms with van der Waals surface area (Å²) in [7, 11) is 0. The highest BCUT2D eigenvalue weighted by atomic mass is 16.3. The molecule has 26 heavy (non-hydrogen) atoms. The van der Waals surface area contributed by atoms with E-state index in [4.69, 9.17) is 0 Å². The minimum atomic E-state index is -0.482. The lowest BCUT2D eigenvalue weighted by Crippen LogP contribution is -2.36. The summed E-state index contributed by atoms with van der Waals surface area (Å²) in [6, 6.07) is 6.16. The van der Waals surface area contributed by atoms with Crippen molar-refractivity contribution in [1.82, 2.24) is 10.2 Å². The van der Waals surface area contributed by atoms with Crippen LogP contribution in [0.2, 0.25) is 0 Å². The Morgan fingerprint density at radius 1 is 0.846 bits per heavy atom. The lowest BCUT2D eigenvalue weighted by Gasteiger charge is -2.26. The summed E-state index contributed by atoms with van der Waals surface area (Å²) >= 11 is 0. The Morgan fingerprint density at radius 2 is 1.46 bits per heavy atom. The van der Waals surface area contributed by atoms with Crippen molar-refractivity contribution < 1.29 is 20.4 Å². The highest BCUT2D eigenvalue weighted by Gasteiger charge is 2.15. The molecule has 0 aliphatic rings. The second-order valence-corrected chi connectivity index (χ2v) is 7.53. The molecule has 4 atom stereocenters. The molecule has 1 rings (SSSR count). The lowest BCUT2D eigenvalue weighted by molar-refractivity contribution is 0.0791. The summed E-state index contributed by atoms with van der Waals surface area (Å²) in [5.74, 6) is 0. The van der Waals surface area contributed by atoms with Crippen molar-refractivity contribution >= 4 is 0 Å². The topological polar surface area (TPSA) is 96.2 Å². The number of aliphatic hydroxyl groups is 4. The van der Waals surface area contributed by atoms with Crippen LogP contribution in [0.3, 0.4) is 0 Å². The molecule has 0 aliphatic carbocycles. The predicted octanol–water partition coefficient (Wildman–Crippen LogP) is 0.644. The van der Waals surface area contributed by atoms with Crippen LogP contribution in [0.1, 0.15) is 44.4 Å². The van der Waals surface area contributed by atoms with Gasteiger partial charge in [0.1, 0.15) is 0 Å². The highest BCUT2D eigenvalue weighted by Crippen LogP contribution is 2.17. The van der Waals surface area contributed by atoms with Gasteiger partial charge in [-0.3, -0.25) is 4.90 Å². The molecule has 5 N–H and O–H groups in total. The van der Waals surface area contributed by atoms with Gasteiger partial charge in [0.15, 0.2) is 0 Å². The molecule has 4 unspecified atom stereocenters. The summed E-state index contributed by atoms with van der Waals surface area (Å²) in [5.41, 5.74) is 3.26. The van der Waals surface area contributed by atoms with E-state index >= 15 is 0 Å². The maximum Gasteiger partial charge on any atom is 0.0639 e. The average molecular weight is 369 g/mol. The molecule has 0 fully saturated rings. The second-order valence-electron chi connectivity index (χ2n) is 7.53. The number of hydrogen-bond acceptors (Lipinski definition) is 6. The van der Waals surface area contributed by atoms with Gasteiger partial charge in [-0.15, -0.1) is 0 Å². The Bertz CT molecular complexity index is 509. The number of nitrogens with zero attached hydrogens (tertiary/aromatic N) is 1. The number of aliphatic hydroxyl groups excluding tert-OH is 4. The maximum absolute atomic E-state index is 9.79. The molecular weight excluding hydrogens is 332 g/mol. The van der Waals surface area contributed by atoms with Crippen molar-refractivity contribution in [3.63, 3.8) is 0 Å². The van der Waals surface area contributed by atoms with Crippen LogP contribution in [-0.2, 0) is 19.5 Å². The van der Waals surface area contributed by atoms with E-state index in [0.717, 1.165) is 16.7 Å². The van der Waals surface area contributed by atoms with Crippen LogP contribution in [0.5, 0.6) is 0 Å². The summed E-state index contributed by atoms with van der Waals surface area (Å²) in [5, 5.41) is 41.9. The SMILES string of the molecule is CC(O)CNCc1ccc(CC(C)O)c(CN(CC(C)O)CC(C)O)c1. The van der Waals surface area contributed by atoms with E-state index in [1.807, 2.05) is 17.0 Å². The van der Waals surface area contributed by atoms with Crippen LogP contribution in [0.15, 0.2) is 18.2 Å². The van der Waals surface area contributed by atoms with Crippen LogP contribution < -0.4 is 5.32 Å². The van der Waals surface area contributed by atoms with E-state index < -0.39 is 24.4 Å². The van der Waals surface area contributed by atoms with Gasteiger partial charge in [0.2, 0.25) is 0 Å². The van der Waals surface area contributed by atoms with Crippen molar-refractivity contribution in [2.45, 2.75) is 71.6 Å². The molecule has 6 heteroatoms. The third-order valence-corrected chi connectivity index (χ3v) is 3.99. The van der Waals surface area contributed by atoms with Crippen molar-refractivity contribution in [1.29, 1.82) is 0 Å². The van der Waals surface area contributed by atoms with Crippen LogP contribution in [0, 0.1) is 0 Å². The summed E-state index contributed by atoms with van der Waals surface area (Å²) in [6.07, 6.45) is -1.23. The van der Waals surface area contributed by atoms with E-state index in [9.17, 15) is 20.4 Å². The van der Waals surface area contributed by atoms with Gasteiger partial charge in [-0.2, -0.15) is 0 Å². The number of hydrogen-bond donors (Lipinski definition) is 5. The molecule has 0 radical (unpaired) electrons. The van der Waals surface area contributed by atoms with Crippen molar-refractivity contribution in [3.8, 4) is 0 Å². The normalized spacial score (nSPS) is 16.5. The Balaban J connectivity index is 2.96. The standard InChI is InChI=1S/C20H36N2O4/c1-14(23)7-19-6-5-18(10-21-9-15(2)24)8-20(19)13-22(11-16(3)25)12-17(4)26/h5-6,8,14-17,21,23-26H,7,9-13H2,1-4H3. The van der Waals surface area contributed by atoms with Crippen LogP contribution in [-0.4, -0.2) is 69.4 Å². The summed E-state index contributed by atoms with van der Waals surface area (Å²) in [6.45, 7) is 9.72. The highest BCUT2D eigenvalue weighted by molar-refractivity contribution is 5.33. The van der Waals surface area contributed by atoms with Gasteiger partial charge in [0, 0.05) is 32.7 Å². The second kappa shape index (κ2) is 11.6. The molecule has 150 valence electrons. The van der Waals surface area contributed by atoms with E-state index in [1.54, 1.807) is 27.7 Å². The minimum absolute atomic E-state index is 0.392. The fourth-order valence-electron chi connectivity index (χ4n) is 3.07. The van der Waals surface area contributed by atoms with Crippen molar-refractivity contribution in [2.75, 3.05) is 19.6 Å². The van der Waals surface area contributed by atoms with E-state index in [0.29, 0.717) is 39.1 Å². The summed E-state index contributed by atoms with van der Waals surface area (Å²) < 4.78 is 0. The van der Waals surface area contributed by atoms with Crippen LogP contribution in [0.4, 0.5) is 0 Å². The molecule has 6 nitrogen and oxygen atoms in total. The molecule has 1 aromatic carbocycles. The number of benzene rings is 1. The molecule has 0 saturated heterocycles. The quantitative estimate of drug-likeness (QED) is 0.372. The zero-order valence-electron chi connectivity index (χ0n) is 16.5.